The zero-order chi connectivity index (χ0) is 36.3. The largest absolute Gasteiger partial charge is 0.0705 e. The van der Waals surface area contributed by atoms with Crippen LogP contribution in [-0.2, 0) is 0 Å². The normalized spacial score (nSPS) is 15.7. The van der Waals surface area contributed by atoms with Crippen LogP contribution in [0.1, 0.15) is 287 Å². The van der Waals surface area contributed by atoms with Gasteiger partial charge in [-0.15, -0.1) is 0 Å². The first-order chi connectivity index (χ1) is 24.1. The van der Waals surface area contributed by atoms with Crippen molar-refractivity contribution in [2.75, 3.05) is 0 Å². The molecule has 1 heteroatoms. The van der Waals surface area contributed by atoms with Gasteiger partial charge in [0.2, 0.25) is 0 Å². The van der Waals surface area contributed by atoms with Gasteiger partial charge in [-0.25, -0.2) is 0 Å². The van der Waals surface area contributed by atoms with Gasteiger partial charge in [-0.2, -0.15) is 0 Å². The van der Waals surface area contributed by atoms with Crippen molar-refractivity contribution in [3.8, 4) is 0 Å². The Morgan fingerprint density at radius 3 is 0.571 bits per heavy atom. The molecule has 0 radical (unpaired) electrons. The monoisotopic (exact) mass is 708 g/mol. The van der Waals surface area contributed by atoms with Gasteiger partial charge in [0.1, 0.15) is 0 Å². The maximum Gasteiger partial charge on any atom is 0.0705 e. The molecule has 0 saturated carbocycles. The Morgan fingerprint density at radius 2 is 0.388 bits per heavy atom. The minimum atomic E-state index is -1.25. The average Bonchev–Trinajstić information content (AvgIpc) is 3.10. The molecule has 49 heavy (non-hydrogen) atoms. The van der Waals surface area contributed by atoms with E-state index in [0.717, 1.165) is 22.6 Å². The average molecular weight is 708 g/mol. The zero-order valence-electron chi connectivity index (χ0n) is 36.2. The molecule has 0 bridgehead atoms. The third kappa shape index (κ3) is 22.3. The third-order valence-electron chi connectivity index (χ3n) is 12.6. The molecule has 296 valence electrons. The van der Waals surface area contributed by atoms with Crippen molar-refractivity contribution in [2.45, 2.75) is 309 Å². The summed E-state index contributed by atoms with van der Waals surface area (Å²) in [6.07, 6.45) is 53.4. The molecule has 0 spiro atoms. The van der Waals surface area contributed by atoms with Crippen LogP contribution in [0.25, 0.3) is 0 Å². The van der Waals surface area contributed by atoms with E-state index in [2.05, 4.69) is 55.4 Å². The molecule has 0 aromatic heterocycles. The van der Waals surface area contributed by atoms with Crippen molar-refractivity contribution < 1.29 is 0 Å². The van der Waals surface area contributed by atoms with Gasteiger partial charge in [0.25, 0.3) is 0 Å². The van der Waals surface area contributed by atoms with E-state index in [1.54, 1.807) is 51.4 Å². The summed E-state index contributed by atoms with van der Waals surface area (Å²) in [5.74, 6) is 0. The van der Waals surface area contributed by atoms with E-state index in [-0.39, 0.29) is 0 Å². The van der Waals surface area contributed by atoms with E-state index in [1.807, 2.05) is 0 Å². The Bertz CT molecular complexity index is 517. The van der Waals surface area contributed by atoms with E-state index in [1.165, 1.54) is 180 Å². The summed E-state index contributed by atoms with van der Waals surface area (Å²) in [6, 6.07) is 0. The lowest BCUT2D eigenvalue weighted by Crippen LogP contribution is -2.40. The molecule has 0 heterocycles. The molecule has 4 unspecified atom stereocenters. The van der Waals surface area contributed by atoms with E-state index in [4.69, 9.17) is 0 Å². The fraction of sp³-hybridized carbons (Fsp3) is 1.00. The molecule has 0 aromatic carbocycles. The number of rotatable bonds is 40. The van der Waals surface area contributed by atoms with Crippen LogP contribution >= 0.6 is 7.26 Å². The molecule has 0 aliphatic heterocycles. The van der Waals surface area contributed by atoms with Gasteiger partial charge in [-0.1, -0.05) is 209 Å². The van der Waals surface area contributed by atoms with E-state index in [0.29, 0.717) is 0 Å². The highest BCUT2D eigenvalue weighted by molar-refractivity contribution is 7.78. The summed E-state index contributed by atoms with van der Waals surface area (Å²) in [6.45, 7) is 19.8. The van der Waals surface area contributed by atoms with Crippen LogP contribution in [0.4, 0.5) is 0 Å². The van der Waals surface area contributed by atoms with Gasteiger partial charge < -0.3 is 0 Å². The molecule has 0 aliphatic carbocycles. The molecular formula is C48H100P+. The first kappa shape index (κ1) is 49.4. The van der Waals surface area contributed by atoms with Gasteiger partial charge in [-0.3, -0.25) is 0 Å². The summed E-state index contributed by atoms with van der Waals surface area (Å²) in [5, 5.41) is 0. The standard InChI is InChI=1S/C48H100P/c1-9-17-21-25-29-33-41-45(37-13-5)49(46(38-14-6)42-34-30-26-22-18-10-2,47(39-15-7)43-35-31-27-23-19-11-3)48(40-16-8)44-36-32-28-24-20-12-4/h45-48H,9-44H2,1-8H3/q+1. The van der Waals surface area contributed by atoms with Crippen LogP contribution in [0, 0.1) is 0 Å². The minimum absolute atomic E-state index is 1.05. The Kier molecular flexibility index (Phi) is 37.1. The Labute approximate surface area is 315 Å². The van der Waals surface area contributed by atoms with E-state index in [9.17, 15) is 0 Å². The van der Waals surface area contributed by atoms with Crippen LogP contribution in [0.15, 0.2) is 0 Å². The van der Waals surface area contributed by atoms with Crippen LogP contribution in [-0.4, -0.2) is 22.6 Å². The number of hydrogen-bond acceptors (Lipinski definition) is 0. The molecule has 0 amide bonds. The molecule has 0 N–H and O–H groups in total. The van der Waals surface area contributed by atoms with Crippen LogP contribution < -0.4 is 0 Å². The lowest BCUT2D eigenvalue weighted by atomic mass is 10.0. The van der Waals surface area contributed by atoms with Crippen molar-refractivity contribution in [2.24, 2.45) is 0 Å². The highest BCUT2D eigenvalue weighted by atomic mass is 31.2. The van der Waals surface area contributed by atoms with Crippen molar-refractivity contribution in [1.82, 2.24) is 0 Å². The fourth-order valence-corrected chi connectivity index (χ4v) is 19.0. The first-order valence-corrected chi connectivity index (χ1v) is 26.0. The maximum absolute atomic E-state index is 2.57. The first-order valence-electron chi connectivity index (χ1n) is 24.0. The summed E-state index contributed by atoms with van der Waals surface area (Å²) in [4.78, 5) is 0. The predicted molar refractivity (Wildman–Crippen MR) is 234 cm³/mol. The lowest BCUT2D eigenvalue weighted by Gasteiger charge is -2.51. The molecule has 4 atom stereocenters. The molecular weight excluding hydrogens is 608 g/mol. The van der Waals surface area contributed by atoms with Crippen molar-refractivity contribution in [3.63, 3.8) is 0 Å². The van der Waals surface area contributed by atoms with Crippen LogP contribution in [0.2, 0.25) is 0 Å². The highest BCUT2D eigenvalue weighted by Gasteiger charge is 2.59. The van der Waals surface area contributed by atoms with Crippen LogP contribution in [0.5, 0.6) is 0 Å². The molecule has 0 saturated heterocycles. The van der Waals surface area contributed by atoms with Crippen LogP contribution in [0.3, 0.4) is 0 Å². The van der Waals surface area contributed by atoms with Gasteiger partial charge in [0.15, 0.2) is 0 Å². The minimum Gasteiger partial charge on any atom is -0.0654 e. The predicted octanol–water partition coefficient (Wildman–Crippen LogP) is 18.7. The topological polar surface area (TPSA) is 0 Å². The zero-order valence-corrected chi connectivity index (χ0v) is 37.1. The summed E-state index contributed by atoms with van der Waals surface area (Å²) in [7, 11) is -1.25. The maximum atomic E-state index is 2.57. The number of unbranched alkanes of at least 4 members (excludes halogenated alkanes) is 20. The van der Waals surface area contributed by atoms with E-state index < -0.39 is 7.26 Å². The molecule has 0 nitrogen and oxygen atoms in total. The van der Waals surface area contributed by atoms with Gasteiger partial charge in [-0.05, 0) is 77.0 Å². The van der Waals surface area contributed by atoms with E-state index >= 15 is 0 Å². The summed E-state index contributed by atoms with van der Waals surface area (Å²) < 4.78 is 0. The SMILES string of the molecule is CCCCCCCCC(CCC)[P+](C(CCC)CCCCCCCC)(C(CCC)CCCCCCCC)C(CCC)CCCCCCCC. The Balaban J connectivity index is 6.92. The van der Waals surface area contributed by atoms with Crippen molar-refractivity contribution in [3.05, 3.63) is 0 Å². The van der Waals surface area contributed by atoms with Crippen molar-refractivity contribution >= 4 is 7.26 Å². The highest BCUT2D eigenvalue weighted by Crippen LogP contribution is 2.80. The second-order valence-electron chi connectivity index (χ2n) is 16.9. The van der Waals surface area contributed by atoms with Gasteiger partial charge in [0.05, 0.1) is 22.6 Å². The molecule has 0 fully saturated rings. The second kappa shape index (κ2) is 36.8. The third-order valence-corrected chi connectivity index (χ3v) is 19.7. The fourth-order valence-electron chi connectivity index (χ4n) is 10.1. The second-order valence-corrected chi connectivity index (χ2v) is 21.6. The quantitative estimate of drug-likeness (QED) is 0.0439. The summed E-state index contributed by atoms with van der Waals surface area (Å²) >= 11 is 0. The molecule has 0 rings (SSSR count). The lowest BCUT2D eigenvalue weighted by molar-refractivity contribution is 0.496. The Morgan fingerprint density at radius 1 is 0.204 bits per heavy atom. The smallest absolute Gasteiger partial charge is 0.0654 e. The Hall–Kier alpha value is 0.430. The van der Waals surface area contributed by atoms with Crippen molar-refractivity contribution in [1.29, 1.82) is 0 Å². The summed E-state index contributed by atoms with van der Waals surface area (Å²) in [5.41, 5.74) is 4.20. The van der Waals surface area contributed by atoms with Gasteiger partial charge in [0, 0.05) is 7.26 Å². The molecule has 0 aromatic rings. The number of hydrogen-bond donors (Lipinski definition) is 0. The molecule has 0 aliphatic rings. The van der Waals surface area contributed by atoms with Gasteiger partial charge >= 0.3 is 0 Å².